The largest absolute Gasteiger partial charge is 0.490 e. The van der Waals surface area contributed by atoms with Crippen LogP contribution in [0, 0.1) is 0 Å². The number of alkyl halides is 3. The molecule has 2 aliphatic rings. The van der Waals surface area contributed by atoms with Gasteiger partial charge in [-0.25, -0.2) is 13.2 Å². The maximum Gasteiger partial charge on any atom is 0.490 e. The van der Waals surface area contributed by atoms with E-state index in [4.69, 9.17) is 14.6 Å². The maximum atomic E-state index is 12.5. The highest BCUT2D eigenvalue weighted by Crippen LogP contribution is 2.29. The Morgan fingerprint density at radius 3 is 2.22 bits per heavy atom. The van der Waals surface area contributed by atoms with Gasteiger partial charge in [0.25, 0.3) is 0 Å². The third-order valence-corrected chi connectivity index (χ3v) is 6.55. The third-order valence-electron chi connectivity index (χ3n) is 3.99. The van der Waals surface area contributed by atoms with Crippen molar-refractivity contribution in [3.05, 3.63) is 22.7 Å². The lowest BCUT2D eigenvalue weighted by atomic mass is 10.2. The molecule has 12 heteroatoms. The first-order valence-electron chi connectivity index (χ1n) is 7.90. The van der Waals surface area contributed by atoms with Gasteiger partial charge in [-0.3, -0.25) is 0 Å². The number of carboxylic acids is 1. The lowest BCUT2D eigenvalue weighted by Gasteiger charge is -2.30. The molecular weight excluding hydrogens is 457 g/mol. The molecule has 2 N–H and O–H groups in total. The van der Waals surface area contributed by atoms with E-state index in [-0.39, 0.29) is 5.25 Å². The Kier molecular flexibility index (Phi) is 7.11. The van der Waals surface area contributed by atoms with Gasteiger partial charge in [0.05, 0.1) is 23.4 Å². The summed E-state index contributed by atoms with van der Waals surface area (Å²) in [5.41, 5.74) is 0.938. The highest BCUT2D eigenvalue weighted by atomic mass is 79.9. The Morgan fingerprint density at radius 2 is 1.78 bits per heavy atom. The highest BCUT2D eigenvalue weighted by molar-refractivity contribution is 9.10. The van der Waals surface area contributed by atoms with Crippen LogP contribution in [0.4, 0.5) is 18.9 Å². The van der Waals surface area contributed by atoms with Crippen molar-refractivity contribution >= 4 is 37.4 Å². The molecule has 0 unspecified atom stereocenters. The summed E-state index contributed by atoms with van der Waals surface area (Å²) < 4.78 is 62.9. The summed E-state index contributed by atoms with van der Waals surface area (Å²) in [7, 11) is -3.24. The number of hydrogen-bond acceptors (Lipinski definition) is 6. The Labute approximate surface area is 162 Å². The van der Waals surface area contributed by atoms with Gasteiger partial charge in [-0.15, -0.1) is 0 Å². The lowest BCUT2D eigenvalue weighted by Crippen LogP contribution is -2.51. The number of carbonyl (C=O) groups is 1. The minimum atomic E-state index is -5.08. The summed E-state index contributed by atoms with van der Waals surface area (Å²) in [5.74, 6) is -2.76. The normalized spacial score (nSPS) is 18.3. The van der Waals surface area contributed by atoms with Gasteiger partial charge in [0.2, 0.25) is 0 Å². The topological polar surface area (TPSA) is 95.9 Å². The molecule has 2 heterocycles. The van der Waals surface area contributed by atoms with E-state index in [0.717, 1.165) is 23.2 Å². The van der Waals surface area contributed by atoms with Gasteiger partial charge >= 0.3 is 12.1 Å². The van der Waals surface area contributed by atoms with E-state index in [2.05, 4.69) is 26.1 Å². The smallest absolute Gasteiger partial charge is 0.475 e. The van der Waals surface area contributed by atoms with Crippen LogP contribution in [0.15, 0.2) is 27.6 Å². The first-order valence-corrected chi connectivity index (χ1v) is 10.2. The summed E-state index contributed by atoms with van der Waals surface area (Å²) >= 11 is 3.42. The highest BCUT2D eigenvalue weighted by Gasteiger charge is 2.38. The van der Waals surface area contributed by atoms with Crippen LogP contribution in [0.1, 0.15) is 0 Å². The summed E-state index contributed by atoms with van der Waals surface area (Å²) in [5, 5.41) is 9.84. The number of ether oxygens (including phenoxy) is 1. The van der Waals surface area contributed by atoms with Crippen LogP contribution < -0.4 is 10.2 Å². The number of nitrogens with one attached hydrogen (secondary N) is 1. The van der Waals surface area contributed by atoms with Crippen LogP contribution in [-0.2, 0) is 19.4 Å². The number of rotatable bonds is 3. The summed E-state index contributed by atoms with van der Waals surface area (Å²) in [4.78, 5) is 11.5. The van der Waals surface area contributed by atoms with E-state index < -0.39 is 22.0 Å². The first-order chi connectivity index (χ1) is 12.5. The average molecular weight is 475 g/mol. The number of nitrogens with zero attached hydrogens (tertiary/aromatic N) is 1. The molecule has 1 aromatic carbocycles. The zero-order valence-corrected chi connectivity index (χ0v) is 16.4. The Balaban J connectivity index is 0.000000321. The van der Waals surface area contributed by atoms with Crippen LogP contribution in [0.2, 0.25) is 0 Å². The van der Waals surface area contributed by atoms with Crippen LogP contribution in [0.25, 0.3) is 0 Å². The van der Waals surface area contributed by atoms with Gasteiger partial charge in [0.15, 0.2) is 9.84 Å². The fourth-order valence-electron chi connectivity index (χ4n) is 2.39. The van der Waals surface area contributed by atoms with Gasteiger partial charge in [0, 0.05) is 36.3 Å². The molecule has 152 valence electrons. The summed E-state index contributed by atoms with van der Waals surface area (Å²) in [6.45, 7) is 4.04. The van der Waals surface area contributed by atoms with Crippen molar-refractivity contribution in [2.45, 2.75) is 16.3 Å². The van der Waals surface area contributed by atoms with Crippen molar-refractivity contribution in [2.75, 3.05) is 44.3 Å². The number of sulfone groups is 1. The molecule has 3 rings (SSSR count). The molecule has 0 atom stereocenters. The van der Waals surface area contributed by atoms with Crippen molar-refractivity contribution in [1.82, 2.24) is 5.32 Å². The molecule has 2 fully saturated rings. The fourth-order valence-corrected chi connectivity index (χ4v) is 4.66. The van der Waals surface area contributed by atoms with Crippen molar-refractivity contribution in [2.24, 2.45) is 0 Å². The Hall–Kier alpha value is -1.37. The van der Waals surface area contributed by atoms with Crippen molar-refractivity contribution < 1.29 is 36.2 Å². The molecular formula is C15H18BrF3N2O5S. The molecule has 0 saturated carbocycles. The second-order valence-corrected chi connectivity index (χ2v) is 9.02. The number of halogens is 4. The number of carboxylic acid groups (broad SMARTS) is 1. The Morgan fingerprint density at radius 1 is 1.22 bits per heavy atom. The van der Waals surface area contributed by atoms with Crippen molar-refractivity contribution in [1.29, 1.82) is 0 Å². The minimum Gasteiger partial charge on any atom is -0.475 e. The van der Waals surface area contributed by atoms with Gasteiger partial charge in [-0.2, -0.15) is 13.2 Å². The summed E-state index contributed by atoms with van der Waals surface area (Å²) in [6.07, 6.45) is -5.08. The molecule has 2 saturated heterocycles. The molecule has 27 heavy (non-hydrogen) atoms. The number of aliphatic carboxylic acids is 1. The van der Waals surface area contributed by atoms with Crippen LogP contribution in [-0.4, -0.2) is 70.3 Å². The van der Waals surface area contributed by atoms with Crippen LogP contribution >= 0.6 is 15.9 Å². The van der Waals surface area contributed by atoms with Gasteiger partial charge in [-0.05, 0) is 18.2 Å². The van der Waals surface area contributed by atoms with Gasteiger partial charge < -0.3 is 20.1 Å². The predicted molar refractivity (Wildman–Crippen MR) is 94.7 cm³/mol. The van der Waals surface area contributed by atoms with Crippen LogP contribution in [0.5, 0.6) is 0 Å². The fraction of sp³-hybridized carbons (Fsp3) is 0.533. The molecule has 0 amide bonds. The number of benzene rings is 1. The molecule has 0 spiro atoms. The summed E-state index contributed by atoms with van der Waals surface area (Å²) in [6, 6.07) is 5.44. The number of anilines is 1. The predicted octanol–water partition coefficient (Wildman–Crippen LogP) is 1.66. The lowest BCUT2D eigenvalue weighted by molar-refractivity contribution is -0.192. The molecule has 0 radical (unpaired) electrons. The third kappa shape index (κ3) is 5.80. The van der Waals surface area contributed by atoms with E-state index in [0.29, 0.717) is 31.2 Å². The molecule has 7 nitrogen and oxygen atoms in total. The first kappa shape index (κ1) is 21.9. The maximum absolute atomic E-state index is 12.5. The van der Waals surface area contributed by atoms with Crippen molar-refractivity contribution in [3.8, 4) is 0 Å². The van der Waals surface area contributed by atoms with Gasteiger partial charge in [-0.1, -0.05) is 15.9 Å². The van der Waals surface area contributed by atoms with Gasteiger partial charge in [0.1, 0.15) is 0 Å². The zero-order valence-electron chi connectivity index (χ0n) is 14.0. The van der Waals surface area contributed by atoms with E-state index in [1.807, 2.05) is 6.07 Å². The van der Waals surface area contributed by atoms with E-state index in [1.54, 1.807) is 12.1 Å². The monoisotopic (exact) mass is 474 g/mol. The molecule has 0 bridgehead atoms. The molecule has 1 aromatic rings. The quantitative estimate of drug-likeness (QED) is 0.687. The number of hydrogen-bond donors (Lipinski definition) is 2. The standard InChI is InChI=1S/C13H17BrN2O3S.C2HF3O2/c14-10-5-11(16-1-3-19-4-2-16)7-12(6-10)20(17,18)13-8-15-9-13;3-2(4,5)1(6)7/h5-7,13,15H,1-4,8-9H2;(H,6,7). The average Bonchev–Trinajstić information content (AvgIpc) is 2.53. The SMILES string of the molecule is O=C(O)C(F)(F)F.O=S(=O)(c1cc(Br)cc(N2CCOCC2)c1)C1CNC1. The zero-order chi connectivity index (χ0) is 20.2. The second-order valence-electron chi connectivity index (χ2n) is 5.87. The molecule has 2 aliphatic heterocycles. The molecule has 0 aliphatic carbocycles. The Bertz CT molecular complexity index is 778. The van der Waals surface area contributed by atoms with E-state index >= 15 is 0 Å². The van der Waals surface area contributed by atoms with Crippen molar-refractivity contribution in [3.63, 3.8) is 0 Å². The second kappa shape index (κ2) is 8.76. The number of morpholine rings is 1. The van der Waals surface area contributed by atoms with E-state index in [9.17, 15) is 21.6 Å². The van der Waals surface area contributed by atoms with E-state index in [1.165, 1.54) is 0 Å². The molecule has 0 aromatic heterocycles. The minimum absolute atomic E-state index is 0.297. The van der Waals surface area contributed by atoms with Crippen LogP contribution in [0.3, 0.4) is 0 Å².